The van der Waals surface area contributed by atoms with Gasteiger partial charge in [-0.2, -0.15) is 0 Å². The van der Waals surface area contributed by atoms with Gasteiger partial charge in [-0.15, -0.1) is 0 Å². The first-order chi connectivity index (χ1) is 13.6. The van der Waals surface area contributed by atoms with Crippen LogP contribution in [0.3, 0.4) is 0 Å². The van der Waals surface area contributed by atoms with Gasteiger partial charge in [0, 0.05) is 43.8 Å². The molecule has 0 spiro atoms. The molecule has 0 aromatic carbocycles. The SMILES string of the molecule is CCN(CC)c1ncc(C(=O)Cc2ccncc2Nc2ccc(C)nc2)cn1. The monoisotopic (exact) mass is 376 g/mol. The highest BCUT2D eigenvalue weighted by Gasteiger charge is 2.13. The van der Waals surface area contributed by atoms with Crippen molar-refractivity contribution in [2.45, 2.75) is 27.2 Å². The highest BCUT2D eigenvalue weighted by molar-refractivity contribution is 5.97. The molecule has 0 saturated carbocycles. The van der Waals surface area contributed by atoms with E-state index in [1.54, 1.807) is 31.0 Å². The Labute approximate surface area is 164 Å². The largest absolute Gasteiger partial charge is 0.353 e. The molecule has 0 amide bonds. The maximum absolute atomic E-state index is 12.7. The summed E-state index contributed by atoms with van der Waals surface area (Å²) in [7, 11) is 0. The van der Waals surface area contributed by atoms with Crippen LogP contribution in [0.1, 0.15) is 35.5 Å². The van der Waals surface area contributed by atoms with E-state index in [0.717, 1.165) is 35.7 Å². The molecule has 1 N–H and O–H groups in total. The molecule has 0 radical (unpaired) electrons. The lowest BCUT2D eigenvalue weighted by atomic mass is 10.0. The fraction of sp³-hybridized carbons (Fsp3) is 0.286. The third-order valence-corrected chi connectivity index (χ3v) is 4.46. The van der Waals surface area contributed by atoms with Crippen LogP contribution in [0, 0.1) is 6.92 Å². The first-order valence-corrected chi connectivity index (χ1v) is 9.33. The Bertz CT molecular complexity index is 920. The van der Waals surface area contributed by atoms with E-state index in [1.165, 1.54) is 0 Å². The van der Waals surface area contributed by atoms with Gasteiger partial charge in [-0.1, -0.05) is 0 Å². The van der Waals surface area contributed by atoms with Gasteiger partial charge >= 0.3 is 0 Å². The zero-order valence-corrected chi connectivity index (χ0v) is 16.4. The summed E-state index contributed by atoms with van der Waals surface area (Å²) in [5.41, 5.74) is 3.92. The van der Waals surface area contributed by atoms with Crippen molar-refractivity contribution in [3.63, 3.8) is 0 Å². The number of aromatic nitrogens is 4. The molecule has 3 aromatic rings. The third-order valence-electron chi connectivity index (χ3n) is 4.46. The molecule has 7 nitrogen and oxygen atoms in total. The minimum Gasteiger partial charge on any atom is -0.353 e. The van der Waals surface area contributed by atoms with Gasteiger partial charge in [-0.25, -0.2) is 9.97 Å². The standard InChI is InChI=1S/C21H24N6O/c1-4-27(5-2)21-24-11-17(12-25-21)20(28)10-16-8-9-22-14-19(16)26-18-7-6-15(3)23-13-18/h6-9,11-14,26H,4-5,10H2,1-3H3. The van der Waals surface area contributed by atoms with Gasteiger partial charge in [0.25, 0.3) is 0 Å². The second-order valence-corrected chi connectivity index (χ2v) is 6.39. The van der Waals surface area contributed by atoms with Crippen molar-refractivity contribution in [2.24, 2.45) is 0 Å². The summed E-state index contributed by atoms with van der Waals surface area (Å²) in [5.74, 6) is 0.599. The lowest BCUT2D eigenvalue weighted by Crippen LogP contribution is -2.24. The van der Waals surface area contributed by atoms with Crippen molar-refractivity contribution in [1.82, 2.24) is 19.9 Å². The average Bonchev–Trinajstić information content (AvgIpc) is 2.72. The predicted molar refractivity (Wildman–Crippen MR) is 110 cm³/mol. The molecule has 7 heteroatoms. The number of carbonyl (C=O) groups is 1. The van der Waals surface area contributed by atoms with Gasteiger partial charge in [-0.3, -0.25) is 14.8 Å². The minimum atomic E-state index is -0.0395. The molecule has 0 saturated heterocycles. The molecular weight excluding hydrogens is 352 g/mol. The lowest BCUT2D eigenvalue weighted by Gasteiger charge is -2.18. The van der Waals surface area contributed by atoms with E-state index < -0.39 is 0 Å². The maximum Gasteiger partial charge on any atom is 0.225 e. The second-order valence-electron chi connectivity index (χ2n) is 6.39. The van der Waals surface area contributed by atoms with E-state index in [-0.39, 0.29) is 12.2 Å². The number of anilines is 3. The summed E-state index contributed by atoms with van der Waals surface area (Å²) in [6.45, 7) is 7.68. The van der Waals surface area contributed by atoms with Crippen LogP contribution in [-0.4, -0.2) is 38.8 Å². The van der Waals surface area contributed by atoms with Crippen molar-refractivity contribution in [3.05, 3.63) is 66.0 Å². The van der Waals surface area contributed by atoms with Crippen LogP contribution in [0.5, 0.6) is 0 Å². The van der Waals surface area contributed by atoms with Gasteiger partial charge in [0.15, 0.2) is 5.78 Å². The topological polar surface area (TPSA) is 83.9 Å². The van der Waals surface area contributed by atoms with Crippen molar-refractivity contribution < 1.29 is 4.79 Å². The number of rotatable bonds is 8. The van der Waals surface area contributed by atoms with Crippen LogP contribution in [0.25, 0.3) is 0 Å². The normalized spacial score (nSPS) is 10.5. The molecule has 144 valence electrons. The number of carbonyl (C=O) groups excluding carboxylic acids is 1. The highest BCUT2D eigenvalue weighted by Crippen LogP contribution is 2.21. The Kier molecular flexibility index (Phi) is 6.26. The summed E-state index contributed by atoms with van der Waals surface area (Å²) in [6.07, 6.45) is 8.58. The van der Waals surface area contributed by atoms with Gasteiger partial charge in [0.1, 0.15) is 0 Å². The molecule has 0 atom stereocenters. The molecule has 0 fully saturated rings. The molecule has 0 unspecified atom stereocenters. The Balaban J connectivity index is 1.74. The zero-order chi connectivity index (χ0) is 19.9. The van der Waals surface area contributed by atoms with Crippen molar-refractivity contribution in [3.8, 4) is 0 Å². The van der Waals surface area contributed by atoms with E-state index in [0.29, 0.717) is 11.5 Å². The molecular formula is C21H24N6O. The third kappa shape index (κ3) is 4.68. The Morgan fingerprint density at radius 3 is 2.39 bits per heavy atom. The summed E-state index contributed by atoms with van der Waals surface area (Å²) in [4.78, 5) is 31.9. The van der Waals surface area contributed by atoms with E-state index in [9.17, 15) is 4.79 Å². The Morgan fingerprint density at radius 1 is 1.00 bits per heavy atom. The van der Waals surface area contributed by atoms with Crippen molar-refractivity contribution in [1.29, 1.82) is 0 Å². The number of nitrogens with one attached hydrogen (secondary N) is 1. The van der Waals surface area contributed by atoms with Crippen LogP contribution < -0.4 is 10.2 Å². The van der Waals surface area contributed by atoms with E-state index in [4.69, 9.17) is 0 Å². The molecule has 28 heavy (non-hydrogen) atoms. The summed E-state index contributed by atoms with van der Waals surface area (Å²) < 4.78 is 0. The van der Waals surface area contributed by atoms with E-state index in [2.05, 4.69) is 25.3 Å². The fourth-order valence-corrected chi connectivity index (χ4v) is 2.80. The Hall–Kier alpha value is -3.35. The van der Waals surface area contributed by atoms with Gasteiger partial charge < -0.3 is 10.2 Å². The van der Waals surface area contributed by atoms with Crippen LogP contribution in [0.4, 0.5) is 17.3 Å². The molecule has 0 aliphatic rings. The number of hydrogen-bond acceptors (Lipinski definition) is 7. The fourth-order valence-electron chi connectivity index (χ4n) is 2.80. The number of pyridine rings is 2. The number of Topliss-reactive ketones (excluding diaryl/α,β-unsaturated/α-hetero) is 1. The maximum atomic E-state index is 12.7. The summed E-state index contributed by atoms with van der Waals surface area (Å²) in [5, 5.41) is 3.28. The number of hydrogen-bond donors (Lipinski definition) is 1. The number of nitrogens with zero attached hydrogens (tertiary/aromatic N) is 5. The summed E-state index contributed by atoms with van der Waals surface area (Å²) >= 11 is 0. The smallest absolute Gasteiger partial charge is 0.225 e. The first-order valence-electron chi connectivity index (χ1n) is 9.33. The van der Waals surface area contributed by atoms with E-state index >= 15 is 0 Å². The molecule has 3 heterocycles. The number of aryl methyl sites for hydroxylation is 1. The first kappa shape index (κ1) is 19.4. The molecule has 3 rings (SSSR count). The van der Waals surface area contributed by atoms with E-state index in [1.807, 2.05) is 43.9 Å². The summed E-state index contributed by atoms with van der Waals surface area (Å²) in [6, 6.07) is 5.71. The van der Waals surface area contributed by atoms with Crippen molar-refractivity contribution >= 4 is 23.1 Å². The van der Waals surface area contributed by atoms with Gasteiger partial charge in [-0.05, 0) is 44.5 Å². The van der Waals surface area contributed by atoms with Crippen molar-refractivity contribution in [2.75, 3.05) is 23.3 Å². The van der Waals surface area contributed by atoms with Crippen LogP contribution in [0.15, 0.2) is 49.2 Å². The molecule has 0 aliphatic carbocycles. The van der Waals surface area contributed by atoms with Crippen LogP contribution >= 0.6 is 0 Å². The number of ketones is 1. The average molecular weight is 376 g/mol. The minimum absolute atomic E-state index is 0.0395. The second kappa shape index (κ2) is 9.03. The predicted octanol–water partition coefficient (Wildman–Crippen LogP) is 3.59. The molecule has 3 aromatic heterocycles. The lowest BCUT2D eigenvalue weighted by molar-refractivity contribution is 0.0992. The Morgan fingerprint density at radius 2 is 1.75 bits per heavy atom. The quantitative estimate of drug-likeness (QED) is 0.601. The molecule has 0 bridgehead atoms. The van der Waals surface area contributed by atoms with Crippen LogP contribution in [0.2, 0.25) is 0 Å². The zero-order valence-electron chi connectivity index (χ0n) is 16.4. The highest BCUT2D eigenvalue weighted by atomic mass is 16.1. The van der Waals surface area contributed by atoms with Gasteiger partial charge in [0.05, 0.1) is 29.3 Å². The molecule has 0 aliphatic heterocycles. The van der Waals surface area contributed by atoms with Crippen LogP contribution in [-0.2, 0) is 6.42 Å². The van der Waals surface area contributed by atoms with Gasteiger partial charge in [0.2, 0.25) is 5.95 Å².